The van der Waals surface area contributed by atoms with Crippen LogP contribution in [0.3, 0.4) is 0 Å². The van der Waals surface area contributed by atoms with Gasteiger partial charge in [0.15, 0.2) is 5.82 Å². The first-order valence-corrected chi connectivity index (χ1v) is 7.75. The molecule has 3 heterocycles. The van der Waals surface area contributed by atoms with E-state index in [1.54, 1.807) is 24.3 Å². The second kappa shape index (κ2) is 7.11. The fraction of sp³-hybridized carbons (Fsp3) is 0.133. The highest BCUT2D eigenvalue weighted by Gasteiger charge is 2.17. The lowest BCUT2D eigenvalue weighted by molar-refractivity contribution is -0.136. The minimum atomic E-state index is -0.857. The van der Waals surface area contributed by atoms with Gasteiger partial charge in [-0.15, -0.1) is 11.3 Å². The van der Waals surface area contributed by atoms with E-state index in [9.17, 15) is 14.7 Å². The zero-order chi connectivity index (χ0) is 16.9. The van der Waals surface area contributed by atoms with Gasteiger partial charge in [0.05, 0.1) is 12.8 Å². The maximum atomic E-state index is 11.7. The Labute approximate surface area is 140 Å². The van der Waals surface area contributed by atoms with Gasteiger partial charge in [-0.25, -0.2) is 0 Å². The normalized spacial score (nSPS) is 11.9. The number of amides is 2. The van der Waals surface area contributed by atoms with Crippen LogP contribution in [0.5, 0.6) is 0 Å². The Kier molecular flexibility index (Phi) is 4.73. The summed E-state index contributed by atoms with van der Waals surface area (Å²) in [6.07, 6.45) is 1.91. The third-order valence-corrected chi connectivity index (χ3v) is 4.21. The standard InChI is InChI=1S/C15H13N3O5S/c19-13(10-2-1-6-22-10)11-4-3-9(24-11)8-16-14(20)15(21)17-12-5-7-23-18-12/h1-7,13,19H,8H2,(H,16,20)(H,17,18,21). The molecule has 9 heteroatoms. The van der Waals surface area contributed by atoms with Gasteiger partial charge in [0.1, 0.15) is 18.1 Å². The number of hydrogen-bond donors (Lipinski definition) is 3. The van der Waals surface area contributed by atoms with E-state index in [2.05, 4.69) is 20.3 Å². The van der Waals surface area contributed by atoms with Gasteiger partial charge in [0.2, 0.25) is 0 Å². The highest BCUT2D eigenvalue weighted by Crippen LogP contribution is 2.28. The quantitative estimate of drug-likeness (QED) is 0.604. The summed E-state index contributed by atoms with van der Waals surface area (Å²) in [4.78, 5) is 24.8. The predicted octanol–water partition coefficient (Wildman–Crippen LogP) is 1.67. The molecule has 3 N–H and O–H groups in total. The molecule has 0 aliphatic heterocycles. The molecule has 3 aromatic heterocycles. The average molecular weight is 347 g/mol. The van der Waals surface area contributed by atoms with Gasteiger partial charge in [-0.2, -0.15) is 0 Å². The zero-order valence-electron chi connectivity index (χ0n) is 12.3. The van der Waals surface area contributed by atoms with Crippen molar-refractivity contribution < 1.29 is 23.6 Å². The van der Waals surface area contributed by atoms with Crippen LogP contribution in [0.1, 0.15) is 21.6 Å². The van der Waals surface area contributed by atoms with Crippen molar-refractivity contribution in [1.29, 1.82) is 0 Å². The van der Waals surface area contributed by atoms with Crippen LogP contribution in [0.4, 0.5) is 5.82 Å². The Morgan fingerprint density at radius 2 is 2.08 bits per heavy atom. The lowest BCUT2D eigenvalue weighted by Gasteiger charge is -2.04. The number of nitrogens with zero attached hydrogens (tertiary/aromatic N) is 1. The molecule has 0 aliphatic carbocycles. The molecule has 1 atom stereocenters. The number of nitrogens with one attached hydrogen (secondary N) is 2. The molecule has 3 aromatic rings. The number of rotatable bonds is 5. The fourth-order valence-electron chi connectivity index (χ4n) is 1.92. The number of carbonyl (C=O) groups is 2. The first-order valence-electron chi connectivity index (χ1n) is 6.93. The van der Waals surface area contributed by atoms with E-state index >= 15 is 0 Å². The summed E-state index contributed by atoms with van der Waals surface area (Å²) in [6, 6.07) is 8.31. The van der Waals surface area contributed by atoms with Crippen LogP contribution in [-0.4, -0.2) is 22.1 Å². The van der Waals surface area contributed by atoms with E-state index in [1.807, 2.05) is 0 Å². The SMILES string of the molecule is O=C(NCc1ccc(C(O)c2ccco2)s1)C(=O)Nc1ccon1. The summed E-state index contributed by atoms with van der Waals surface area (Å²) in [5.74, 6) is -1.02. The molecule has 0 radical (unpaired) electrons. The molecule has 124 valence electrons. The van der Waals surface area contributed by atoms with E-state index in [-0.39, 0.29) is 12.4 Å². The number of thiophene rings is 1. The molecule has 0 saturated heterocycles. The van der Waals surface area contributed by atoms with Crippen LogP contribution in [0.25, 0.3) is 0 Å². The molecule has 0 bridgehead atoms. The Morgan fingerprint density at radius 3 is 2.79 bits per heavy atom. The van der Waals surface area contributed by atoms with Crippen LogP contribution in [0.2, 0.25) is 0 Å². The van der Waals surface area contributed by atoms with Crippen molar-refractivity contribution in [3.05, 3.63) is 58.4 Å². The number of aliphatic hydroxyl groups is 1. The van der Waals surface area contributed by atoms with E-state index < -0.39 is 17.9 Å². The minimum absolute atomic E-state index is 0.162. The van der Waals surface area contributed by atoms with Crippen molar-refractivity contribution in [3.63, 3.8) is 0 Å². The van der Waals surface area contributed by atoms with Crippen LogP contribution in [-0.2, 0) is 16.1 Å². The summed E-state index contributed by atoms with van der Waals surface area (Å²) in [5.41, 5.74) is 0. The third-order valence-electron chi connectivity index (χ3n) is 3.07. The Morgan fingerprint density at radius 1 is 1.21 bits per heavy atom. The highest BCUT2D eigenvalue weighted by atomic mass is 32.1. The topological polar surface area (TPSA) is 118 Å². The largest absolute Gasteiger partial charge is 0.466 e. The molecule has 2 amide bonds. The first kappa shape index (κ1) is 16.0. The molecule has 0 fully saturated rings. The lowest BCUT2D eigenvalue weighted by Crippen LogP contribution is -2.34. The summed E-state index contributed by atoms with van der Waals surface area (Å²) < 4.78 is 9.71. The van der Waals surface area contributed by atoms with E-state index in [1.165, 1.54) is 29.9 Å². The van der Waals surface area contributed by atoms with E-state index in [0.717, 1.165) is 4.88 Å². The minimum Gasteiger partial charge on any atom is -0.466 e. The third kappa shape index (κ3) is 3.70. The summed E-state index contributed by atoms with van der Waals surface area (Å²) in [5, 5.41) is 18.4. The molecule has 0 aliphatic rings. The second-order valence-corrected chi connectivity index (χ2v) is 5.94. The van der Waals surface area contributed by atoms with E-state index in [4.69, 9.17) is 4.42 Å². The Balaban J connectivity index is 1.53. The molecule has 0 spiro atoms. The second-order valence-electron chi connectivity index (χ2n) is 4.74. The van der Waals surface area contributed by atoms with Crippen molar-refractivity contribution in [2.45, 2.75) is 12.6 Å². The summed E-state index contributed by atoms with van der Waals surface area (Å²) in [7, 11) is 0. The first-order chi connectivity index (χ1) is 11.6. The van der Waals surface area contributed by atoms with Crippen molar-refractivity contribution in [2.75, 3.05) is 5.32 Å². The van der Waals surface area contributed by atoms with Crippen LogP contribution < -0.4 is 10.6 Å². The van der Waals surface area contributed by atoms with Crippen LogP contribution >= 0.6 is 11.3 Å². The maximum Gasteiger partial charge on any atom is 0.314 e. The molecule has 0 aromatic carbocycles. The average Bonchev–Trinajstić information content (AvgIpc) is 3.33. The molecular weight excluding hydrogens is 334 g/mol. The van der Waals surface area contributed by atoms with Crippen molar-refractivity contribution in [1.82, 2.24) is 10.5 Å². The number of aliphatic hydroxyl groups excluding tert-OH is 1. The van der Waals surface area contributed by atoms with Crippen molar-refractivity contribution in [3.8, 4) is 0 Å². The smallest absolute Gasteiger partial charge is 0.314 e. The van der Waals surface area contributed by atoms with Crippen molar-refractivity contribution >= 4 is 29.0 Å². The van der Waals surface area contributed by atoms with Crippen molar-refractivity contribution in [2.24, 2.45) is 0 Å². The van der Waals surface area contributed by atoms with Gasteiger partial charge in [-0.1, -0.05) is 5.16 Å². The zero-order valence-corrected chi connectivity index (χ0v) is 13.1. The number of aromatic nitrogens is 1. The molecule has 0 saturated carbocycles. The van der Waals surface area contributed by atoms with E-state index in [0.29, 0.717) is 10.6 Å². The Hall–Kier alpha value is -2.91. The predicted molar refractivity (Wildman–Crippen MR) is 84.1 cm³/mol. The fourth-order valence-corrected chi connectivity index (χ4v) is 2.87. The monoisotopic (exact) mass is 347 g/mol. The molecule has 1 unspecified atom stereocenters. The maximum absolute atomic E-state index is 11.7. The van der Waals surface area contributed by atoms with Gasteiger partial charge in [-0.05, 0) is 24.3 Å². The number of furan rings is 1. The summed E-state index contributed by atoms with van der Waals surface area (Å²) >= 11 is 1.31. The number of carbonyl (C=O) groups excluding carboxylic acids is 2. The summed E-state index contributed by atoms with van der Waals surface area (Å²) in [6.45, 7) is 0.167. The van der Waals surface area contributed by atoms with Gasteiger partial charge in [0, 0.05) is 15.8 Å². The lowest BCUT2D eigenvalue weighted by atomic mass is 10.2. The number of anilines is 1. The molecular formula is C15H13N3O5S. The molecule has 24 heavy (non-hydrogen) atoms. The molecule has 8 nitrogen and oxygen atoms in total. The highest BCUT2D eigenvalue weighted by molar-refractivity contribution is 7.12. The van der Waals surface area contributed by atoms with Gasteiger partial charge < -0.3 is 19.4 Å². The molecule has 3 rings (SSSR count). The van der Waals surface area contributed by atoms with Crippen LogP contribution in [0.15, 0.2) is 51.8 Å². The number of hydrogen-bond acceptors (Lipinski definition) is 7. The Bertz CT molecular complexity index is 810. The van der Waals surface area contributed by atoms with Gasteiger partial charge >= 0.3 is 11.8 Å². The van der Waals surface area contributed by atoms with Crippen LogP contribution in [0, 0.1) is 0 Å². The van der Waals surface area contributed by atoms with Gasteiger partial charge in [-0.3, -0.25) is 14.9 Å². The van der Waals surface area contributed by atoms with Gasteiger partial charge in [0.25, 0.3) is 0 Å².